The molecule has 1 N–H and O–H groups in total. The topological polar surface area (TPSA) is 64.6 Å². The predicted octanol–water partition coefficient (Wildman–Crippen LogP) is 2.43. The van der Waals surface area contributed by atoms with Crippen LogP contribution < -0.4 is 10.2 Å². The maximum Gasteiger partial charge on any atom is 0.255 e. The Labute approximate surface area is 184 Å². The number of carbonyl (C=O) groups is 1. The van der Waals surface area contributed by atoms with Gasteiger partial charge < -0.3 is 15.1 Å². The highest BCUT2D eigenvalue weighted by Gasteiger charge is 2.29. The van der Waals surface area contributed by atoms with Crippen molar-refractivity contribution < 1.29 is 4.79 Å². The smallest absolute Gasteiger partial charge is 0.255 e. The third-order valence-electron chi connectivity index (χ3n) is 7.11. The van der Waals surface area contributed by atoms with Crippen LogP contribution in [0.3, 0.4) is 0 Å². The number of piperazine rings is 1. The number of aromatic nitrogens is 2. The van der Waals surface area contributed by atoms with Crippen molar-refractivity contribution in [3.63, 3.8) is 0 Å². The molecular weight excluding hydrogens is 388 g/mol. The molecule has 0 radical (unpaired) electrons. The SMILES string of the molecule is CNc1ccccc1C(=O)N1CCc2cnc(N3CCN(C4CCC4)CC3)nc2CC1. The van der Waals surface area contributed by atoms with E-state index in [1.165, 1.54) is 24.8 Å². The summed E-state index contributed by atoms with van der Waals surface area (Å²) in [5.41, 5.74) is 3.88. The summed E-state index contributed by atoms with van der Waals surface area (Å²) in [5, 5.41) is 3.13. The summed E-state index contributed by atoms with van der Waals surface area (Å²) in [4.78, 5) is 29.7. The maximum absolute atomic E-state index is 13.1. The zero-order valence-electron chi connectivity index (χ0n) is 18.4. The van der Waals surface area contributed by atoms with Crippen LogP contribution in [-0.4, -0.2) is 78.0 Å². The van der Waals surface area contributed by atoms with Gasteiger partial charge in [-0.1, -0.05) is 18.6 Å². The first-order valence-corrected chi connectivity index (χ1v) is 11.6. The zero-order chi connectivity index (χ0) is 21.2. The number of para-hydroxylation sites is 1. The number of fused-ring (bicyclic) bond motifs is 1. The van der Waals surface area contributed by atoms with Crippen molar-refractivity contribution >= 4 is 17.5 Å². The molecule has 3 aliphatic rings. The average Bonchev–Trinajstić information content (AvgIpc) is 3.00. The number of nitrogens with zero attached hydrogens (tertiary/aromatic N) is 5. The third-order valence-corrected chi connectivity index (χ3v) is 7.11. The standard InChI is InChI=1S/C24H32N6O/c1-25-22-8-3-2-7-20(22)23(31)29-11-9-18-17-26-24(27-21(18)10-12-29)30-15-13-28(14-16-30)19-5-4-6-19/h2-3,7-8,17,19,25H,4-6,9-16H2,1H3. The highest BCUT2D eigenvalue weighted by molar-refractivity contribution is 5.99. The normalized spacial score (nSPS) is 20.0. The predicted molar refractivity (Wildman–Crippen MR) is 123 cm³/mol. The van der Waals surface area contributed by atoms with Crippen LogP contribution in [0.5, 0.6) is 0 Å². The van der Waals surface area contributed by atoms with Gasteiger partial charge in [-0.25, -0.2) is 9.97 Å². The molecule has 0 unspecified atom stereocenters. The van der Waals surface area contributed by atoms with Gasteiger partial charge in [0.05, 0.1) is 11.3 Å². The van der Waals surface area contributed by atoms with E-state index in [0.29, 0.717) is 13.1 Å². The molecule has 2 aromatic rings. The molecule has 1 aromatic heterocycles. The zero-order valence-corrected chi connectivity index (χ0v) is 18.4. The second kappa shape index (κ2) is 8.83. The quantitative estimate of drug-likeness (QED) is 0.820. The molecule has 1 amide bonds. The largest absolute Gasteiger partial charge is 0.387 e. The fourth-order valence-corrected chi connectivity index (χ4v) is 4.92. The molecule has 0 atom stereocenters. The molecule has 1 saturated carbocycles. The summed E-state index contributed by atoms with van der Waals surface area (Å²) in [6, 6.07) is 8.52. The lowest BCUT2D eigenvalue weighted by atomic mass is 9.91. The van der Waals surface area contributed by atoms with Gasteiger partial charge in [0.2, 0.25) is 5.95 Å². The summed E-state index contributed by atoms with van der Waals surface area (Å²) in [6.45, 7) is 5.61. The van der Waals surface area contributed by atoms with Crippen LogP contribution in [0.15, 0.2) is 30.5 Å². The number of benzene rings is 1. The van der Waals surface area contributed by atoms with E-state index in [-0.39, 0.29) is 5.91 Å². The van der Waals surface area contributed by atoms with E-state index < -0.39 is 0 Å². The van der Waals surface area contributed by atoms with E-state index in [9.17, 15) is 4.79 Å². The van der Waals surface area contributed by atoms with E-state index >= 15 is 0 Å². The molecule has 164 valence electrons. The molecule has 1 aromatic carbocycles. The number of hydrogen-bond acceptors (Lipinski definition) is 6. The summed E-state index contributed by atoms with van der Waals surface area (Å²) in [7, 11) is 1.85. The van der Waals surface area contributed by atoms with Crippen LogP contribution in [0.1, 0.15) is 40.9 Å². The van der Waals surface area contributed by atoms with Crippen molar-refractivity contribution in [3.05, 3.63) is 47.3 Å². The number of carbonyl (C=O) groups excluding carboxylic acids is 1. The Morgan fingerprint density at radius 2 is 1.81 bits per heavy atom. The fraction of sp³-hybridized carbons (Fsp3) is 0.542. The van der Waals surface area contributed by atoms with Gasteiger partial charge in [0.1, 0.15) is 0 Å². The molecule has 1 aliphatic carbocycles. The third kappa shape index (κ3) is 4.11. The lowest BCUT2D eigenvalue weighted by molar-refractivity contribution is 0.0764. The van der Waals surface area contributed by atoms with Crippen molar-refractivity contribution in [3.8, 4) is 0 Å². The highest BCUT2D eigenvalue weighted by Crippen LogP contribution is 2.26. The molecule has 7 heteroatoms. The Morgan fingerprint density at radius 3 is 2.55 bits per heavy atom. The minimum Gasteiger partial charge on any atom is -0.387 e. The van der Waals surface area contributed by atoms with Crippen molar-refractivity contribution in [1.82, 2.24) is 19.8 Å². The number of hydrogen-bond donors (Lipinski definition) is 1. The van der Waals surface area contributed by atoms with Crippen LogP contribution in [0, 0.1) is 0 Å². The lowest BCUT2D eigenvalue weighted by Gasteiger charge is -2.43. The molecule has 31 heavy (non-hydrogen) atoms. The van der Waals surface area contributed by atoms with Gasteiger partial charge in [0.25, 0.3) is 5.91 Å². The number of nitrogens with one attached hydrogen (secondary N) is 1. The van der Waals surface area contributed by atoms with Gasteiger partial charge in [-0.15, -0.1) is 0 Å². The highest BCUT2D eigenvalue weighted by atomic mass is 16.2. The van der Waals surface area contributed by atoms with Gasteiger partial charge in [0, 0.05) is 70.7 Å². The van der Waals surface area contributed by atoms with Crippen LogP contribution >= 0.6 is 0 Å². The molecule has 5 rings (SSSR count). The molecule has 7 nitrogen and oxygen atoms in total. The van der Waals surface area contributed by atoms with E-state index in [1.54, 1.807) is 0 Å². The van der Waals surface area contributed by atoms with Crippen LogP contribution in [-0.2, 0) is 12.8 Å². The van der Waals surface area contributed by atoms with Gasteiger partial charge in [0.15, 0.2) is 0 Å². The average molecular weight is 421 g/mol. The summed E-state index contributed by atoms with van der Waals surface area (Å²) >= 11 is 0. The van der Waals surface area contributed by atoms with Crippen molar-refractivity contribution in [2.75, 3.05) is 56.5 Å². The number of amides is 1. The number of rotatable bonds is 4. The first-order chi connectivity index (χ1) is 15.2. The Hall–Kier alpha value is -2.67. The molecule has 3 heterocycles. The second-order valence-electron chi connectivity index (χ2n) is 8.84. The fourth-order valence-electron chi connectivity index (χ4n) is 4.92. The van der Waals surface area contributed by atoms with Crippen molar-refractivity contribution in [2.45, 2.75) is 38.1 Å². The Morgan fingerprint density at radius 1 is 1.03 bits per heavy atom. The minimum atomic E-state index is 0.0815. The van der Waals surface area contributed by atoms with Gasteiger partial charge in [-0.05, 0) is 37.0 Å². The first-order valence-electron chi connectivity index (χ1n) is 11.6. The van der Waals surface area contributed by atoms with Gasteiger partial charge >= 0.3 is 0 Å². The Kier molecular flexibility index (Phi) is 5.76. The first kappa shape index (κ1) is 20.2. The molecule has 2 aliphatic heterocycles. The summed E-state index contributed by atoms with van der Waals surface area (Å²) < 4.78 is 0. The van der Waals surface area contributed by atoms with Crippen molar-refractivity contribution in [1.29, 1.82) is 0 Å². The Bertz CT molecular complexity index is 935. The molecule has 1 saturated heterocycles. The van der Waals surface area contributed by atoms with Gasteiger partial charge in [-0.2, -0.15) is 0 Å². The molecular formula is C24H32N6O. The van der Waals surface area contributed by atoms with Crippen LogP contribution in [0.25, 0.3) is 0 Å². The van der Waals surface area contributed by atoms with E-state index in [1.807, 2.05) is 42.4 Å². The van der Waals surface area contributed by atoms with Crippen LogP contribution in [0.4, 0.5) is 11.6 Å². The van der Waals surface area contributed by atoms with E-state index in [0.717, 1.165) is 68.0 Å². The lowest BCUT2D eigenvalue weighted by Crippen LogP contribution is -2.52. The maximum atomic E-state index is 13.1. The summed E-state index contributed by atoms with van der Waals surface area (Å²) in [5.74, 6) is 0.936. The summed E-state index contributed by atoms with van der Waals surface area (Å²) in [6.07, 6.45) is 7.69. The van der Waals surface area contributed by atoms with E-state index in [2.05, 4.69) is 15.1 Å². The minimum absolute atomic E-state index is 0.0815. The monoisotopic (exact) mass is 420 g/mol. The van der Waals surface area contributed by atoms with Gasteiger partial charge in [-0.3, -0.25) is 9.69 Å². The molecule has 0 spiro atoms. The van der Waals surface area contributed by atoms with Crippen LogP contribution in [0.2, 0.25) is 0 Å². The molecule has 2 fully saturated rings. The second-order valence-corrected chi connectivity index (χ2v) is 8.84. The van der Waals surface area contributed by atoms with E-state index in [4.69, 9.17) is 9.97 Å². The number of anilines is 2. The molecule has 0 bridgehead atoms. The Balaban J connectivity index is 1.25. The van der Waals surface area contributed by atoms with Crippen molar-refractivity contribution in [2.24, 2.45) is 0 Å².